The molecule has 1 aliphatic rings. The van der Waals surface area contributed by atoms with Crippen molar-refractivity contribution in [3.05, 3.63) is 34.5 Å². The summed E-state index contributed by atoms with van der Waals surface area (Å²) < 4.78 is 45.2. The van der Waals surface area contributed by atoms with Gasteiger partial charge in [0.05, 0.1) is 16.9 Å². The van der Waals surface area contributed by atoms with Crippen LogP contribution in [0.25, 0.3) is 0 Å². The van der Waals surface area contributed by atoms with Gasteiger partial charge in [-0.05, 0) is 19.1 Å². The van der Waals surface area contributed by atoms with Gasteiger partial charge in [0.15, 0.2) is 6.73 Å². The summed E-state index contributed by atoms with van der Waals surface area (Å²) in [4.78, 5) is 25.3. The van der Waals surface area contributed by atoms with Crippen LogP contribution in [0.2, 0.25) is 0 Å². The first-order valence-corrected chi connectivity index (χ1v) is 9.82. The number of anilines is 2. The molecule has 0 fully saturated rings. The monoisotopic (exact) mass is 414 g/mol. The van der Waals surface area contributed by atoms with Crippen LogP contribution in [0.3, 0.4) is 0 Å². The van der Waals surface area contributed by atoms with Crippen molar-refractivity contribution in [1.82, 2.24) is 4.72 Å². The van der Waals surface area contributed by atoms with Gasteiger partial charge in [-0.1, -0.05) is 0 Å². The third kappa shape index (κ3) is 3.40. The van der Waals surface area contributed by atoms with Gasteiger partial charge in [0.1, 0.15) is 15.8 Å². The molecule has 1 aromatic carbocycles. The van der Waals surface area contributed by atoms with E-state index in [1.807, 2.05) is 0 Å². The Morgan fingerprint density at radius 1 is 1.37 bits per heavy atom. The zero-order valence-electron chi connectivity index (χ0n) is 14.2. The fourth-order valence-electron chi connectivity index (χ4n) is 2.58. The highest BCUT2D eigenvalue weighted by atomic mass is 32.2. The zero-order valence-corrected chi connectivity index (χ0v) is 15.8. The number of hydrogen-bond acceptors (Lipinski definition) is 7. The van der Waals surface area contributed by atoms with Crippen molar-refractivity contribution < 1.29 is 27.1 Å². The lowest BCUT2D eigenvalue weighted by Crippen LogP contribution is -2.39. The highest BCUT2D eigenvalue weighted by Gasteiger charge is 2.31. The molecule has 144 valence electrons. The summed E-state index contributed by atoms with van der Waals surface area (Å²) in [6.45, 7) is 1.43. The minimum absolute atomic E-state index is 0.0167. The van der Waals surface area contributed by atoms with E-state index < -0.39 is 27.8 Å². The molecule has 2 heterocycles. The molecule has 1 aromatic heterocycles. The van der Waals surface area contributed by atoms with Gasteiger partial charge in [0.2, 0.25) is 0 Å². The molecule has 0 atom stereocenters. The summed E-state index contributed by atoms with van der Waals surface area (Å²) in [6, 6.07) is 2.46. The van der Waals surface area contributed by atoms with Gasteiger partial charge in [-0.3, -0.25) is 9.69 Å². The molecule has 0 saturated heterocycles. The van der Waals surface area contributed by atoms with E-state index in [1.165, 1.54) is 17.0 Å². The Morgan fingerprint density at radius 2 is 2.07 bits per heavy atom. The Morgan fingerprint density at radius 3 is 2.70 bits per heavy atom. The molecule has 4 N–H and O–H groups in total. The SMILES string of the molecule is CNc1cc2c(cc1F)C(=O)N(c1cc(S(=O)(=O)NC(N)=O)sc1C)CO2. The molecule has 3 amide bonds. The average molecular weight is 414 g/mol. The second-order valence-corrected chi connectivity index (χ2v) is 8.73. The summed E-state index contributed by atoms with van der Waals surface area (Å²) in [5, 5.41) is 2.66. The summed E-state index contributed by atoms with van der Waals surface area (Å²) in [5.41, 5.74) is 5.35. The molecular formula is C15H15FN4O5S2. The van der Waals surface area contributed by atoms with E-state index >= 15 is 0 Å². The maximum atomic E-state index is 14.0. The Hall–Kier alpha value is -2.86. The van der Waals surface area contributed by atoms with E-state index in [0.717, 1.165) is 17.4 Å². The van der Waals surface area contributed by atoms with E-state index in [-0.39, 0.29) is 33.6 Å². The minimum Gasteiger partial charge on any atom is -0.472 e. The third-order valence-corrected chi connectivity index (χ3v) is 6.68. The van der Waals surface area contributed by atoms with Crippen LogP contribution in [0.4, 0.5) is 20.6 Å². The van der Waals surface area contributed by atoms with Crippen LogP contribution >= 0.6 is 11.3 Å². The summed E-state index contributed by atoms with van der Waals surface area (Å²) in [5.74, 6) is -0.936. The molecule has 0 saturated carbocycles. The molecule has 12 heteroatoms. The number of nitrogens with one attached hydrogen (secondary N) is 2. The van der Waals surface area contributed by atoms with Crippen molar-refractivity contribution in [2.75, 3.05) is 24.0 Å². The predicted molar refractivity (Wildman–Crippen MR) is 97.2 cm³/mol. The molecule has 0 unspecified atom stereocenters. The number of sulfonamides is 1. The first kappa shape index (κ1) is 18.9. The quantitative estimate of drug-likeness (QED) is 0.696. The minimum atomic E-state index is -4.15. The number of aryl methyl sites for hydroxylation is 1. The molecule has 0 radical (unpaired) electrons. The van der Waals surface area contributed by atoms with Crippen LogP contribution in [0.1, 0.15) is 15.2 Å². The van der Waals surface area contributed by atoms with Gasteiger partial charge in [-0.25, -0.2) is 22.3 Å². The molecule has 27 heavy (non-hydrogen) atoms. The van der Waals surface area contributed by atoms with E-state index in [2.05, 4.69) is 5.32 Å². The Labute approximate surface area is 158 Å². The number of hydrogen-bond donors (Lipinski definition) is 3. The number of fused-ring (bicyclic) bond motifs is 1. The Balaban J connectivity index is 1.98. The fourth-order valence-corrected chi connectivity index (χ4v) is 4.89. The first-order chi connectivity index (χ1) is 12.6. The largest absolute Gasteiger partial charge is 0.472 e. The number of nitrogens with two attached hydrogens (primary N) is 1. The van der Waals surface area contributed by atoms with Gasteiger partial charge < -0.3 is 15.8 Å². The van der Waals surface area contributed by atoms with E-state index in [9.17, 15) is 22.4 Å². The molecule has 3 rings (SSSR count). The second kappa shape index (κ2) is 6.70. The molecule has 0 spiro atoms. The summed E-state index contributed by atoms with van der Waals surface area (Å²) >= 11 is 0.858. The van der Waals surface area contributed by atoms with Crippen molar-refractivity contribution in [1.29, 1.82) is 0 Å². The average Bonchev–Trinajstić information content (AvgIpc) is 2.97. The molecule has 9 nitrogen and oxygen atoms in total. The van der Waals surface area contributed by atoms with Crippen LogP contribution in [0.15, 0.2) is 22.4 Å². The smallest absolute Gasteiger partial charge is 0.326 e. The summed E-state index contributed by atoms with van der Waals surface area (Å²) in [6.07, 6.45) is 0. The van der Waals surface area contributed by atoms with E-state index in [1.54, 1.807) is 18.7 Å². The predicted octanol–water partition coefficient (Wildman–Crippen LogP) is 1.59. The fraction of sp³-hybridized carbons (Fsp3) is 0.200. The van der Waals surface area contributed by atoms with Gasteiger partial charge in [0.25, 0.3) is 15.9 Å². The number of primary amides is 1. The van der Waals surface area contributed by atoms with Crippen molar-refractivity contribution in [3.8, 4) is 5.75 Å². The number of urea groups is 1. The first-order valence-electron chi connectivity index (χ1n) is 7.52. The van der Waals surface area contributed by atoms with Crippen molar-refractivity contribution in [3.63, 3.8) is 0 Å². The lowest BCUT2D eigenvalue weighted by atomic mass is 10.1. The molecular weight excluding hydrogens is 399 g/mol. The van der Waals surface area contributed by atoms with E-state index in [4.69, 9.17) is 10.5 Å². The number of thiophene rings is 1. The van der Waals surface area contributed by atoms with Gasteiger partial charge in [0, 0.05) is 18.0 Å². The molecule has 0 bridgehead atoms. The number of halogens is 1. The standard InChI is InChI=1S/C15H15FN4O5S2/c1-7-11(5-13(26-7)27(23,24)19-15(17)22)20-6-25-12-4-10(18-2)9(16)3-8(12)14(20)21/h3-5,18H,6H2,1-2H3,(H3,17,19,22). The normalized spacial score (nSPS) is 13.7. The number of amides is 3. The number of carbonyl (C=O) groups is 2. The molecule has 2 aromatic rings. The second-order valence-electron chi connectivity index (χ2n) is 5.56. The van der Waals surface area contributed by atoms with Gasteiger partial charge in [-0.15, -0.1) is 11.3 Å². The lowest BCUT2D eigenvalue weighted by Gasteiger charge is -2.29. The maximum absolute atomic E-state index is 14.0. The highest BCUT2D eigenvalue weighted by Crippen LogP contribution is 2.37. The number of nitrogens with zero attached hydrogens (tertiary/aromatic N) is 1. The van der Waals surface area contributed by atoms with Crippen molar-refractivity contribution in [2.45, 2.75) is 11.1 Å². The van der Waals surface area contributed by atoms with Gasteiger partial charge in [-0.2, -0.15) is 0 Å². The number of rotatable bonds is 4. The van der Waals surface area contributed by atoms with E-state index in [0.29, 0.717) is 4.88 Å². The third-order valence-electron chi connectivity index (χ3n) is 3.82. The summed E-state index contributed by atoms with van der Waals surface area (Å²) in [7, 11) is -2.61. The number of carbonyl (C=O) groups excluding carboxylic acids is 2. The van der Waals surface area contributed by atoms with Crippen LogP contribution in [0, 0.1) is 12.7 Å². The van der Waals surface area contributed by atoms with Crippen LogP contribution in [0.5, 0.6) is 5.75 Å². The van der Waals surface area contributed by atoms with Crippen molar-refractivity contribution in [2.24, 2.45) is 5.73 Å². The van der Waals surface area contributed by atoms with Crippen LogP contribution in [-0.2, 0) is 10.0 Å². The van der Waals surface area contributed by atoms with Crippen molar-refractivity contribution >= 4 is 44.7 Å². The van der Waals surface area contributed by atoms with Crippen LogP contribution < -0.4 is 25.4 Å². The molecule has 0 aliphatic carbocycles. The zero-order chi connectivity index (χ0) is 19.9. The number of benzene rings is 1. The molecule has 1 aliphatic heterocycles. The van der Waals surface area contributed by atoms with Crippen LogP contribution in [-0.4, -0.2) is 34.1 Å². The lowest BCUT2D eigenvalue weighted by molar-refractivity contribution is 0.0936. The number of ether oxygens (including phenoxy) is 1. The van der Waals surface area contributed by atoms with Gasteiger partial charge >= 0.3 is 6.03 Å². The highest BCUT2D eigenvalue weighted by molar-refractivity contribution is 7.92. The maximum Gasteiger partial charge on any atom is 0.326 e. The Kier molecular flexibility index (Phi) is 4.70. The Bertz CT molecular complexity index is 1050. The topological polar surface area (TPSA) is 131 Å².